The Morgan fingerprint density at radius 2 is 1.66 bits per heavy atom. The Kier molecular flexibility index (Phi) is 5.68. The Balaban J connectivity index is 1.33. The van der Waals surface area contributed by atoms with Crippen molar-refractivity contribution in [1.29, 1.82) is 0 Å². The van der Waals surface area contributed by atoms with Crippen LogP contribution in [0.4, 0.5) is 0 Å². The number of H-pyrrole nitrogens is 1. The molecule has 0 aliphatic carbocycles. The van der Waals surface area contributed by atoms with Crippen molar-refractivity contribution in [2.45, 2.75) is 24.8 Å². The summed E-state index contributed by atoms with van der Waals surface area (Å²) in [6.07, 6.45) is 1.53. The van der Waals surface area contributed by atoms with E-state index in [1.165, 1.54) is 27.4 Å². The first-order valence-electron chi connectivity index (χ1n) is 11.4. The van der Waals surface area contributed by atoms with Crippen molar-refractivity contribution >= 4 is 27.7 Å². The van der Waals surface area contributed by atoms with Crippen LogP contribution in [-0.2, 0) is 16.8 Å². The van der Waals surface area contributed by atoms with E-state index in [-0.39, 0.29) is 12.5 Å². The van der Waals surface area contributed by atoms with Gasteiger partial charge >= 0.3 is 0 Å². The van der Waals surface area contributed by atoms with Crippen LogP contribution in [0.2, 0.25) is 0 Å². The van der Waals surface area contributed by atoms with Crippen LogP contribution in [0.15, 0.2) is 72.8 Å². The lowest BCUT2D eigenvalue weighted by molar-refractivity contribution is -0.128. The van der Waals surface area contributed by atoms with Crippen LogP contribution >= 0.6 is 0 Å². The highest BCUT2D eigenvalue weighted by atomic mass is 16.3. The summed E-state index contributed by atoms with van der Waals surface area (Å²) in [6.45, 7) is 2.83. The number of rotatable bonds is 6. The van der Waals surface area contributed by atoms with Crippen molar-refractivity contribution in [3.8, 4) is 0 Å². The third kappa shape index (κ3) is 3.78. The van der Waals surface area contributed by atoms with Crippen molar-refractivity contribution < 1.29 is 9.90 Å². The maximum Gasteiger partial charge on any atom is 0.230 e. The third-order valence-corrected chi connectivity index (χ3v) is 6.84. The minimum Gasteiger partial charge on any atom is -0.395 e. The summed E-state index contributed by atoms with van der Waals surface area (Å²) in [6, 6.07) is 25.2. The maximum absolute atomic E-state index is 13.1. The van der Waals surface area contributed by atoms with Crippen molar-refractivity contribution in [2.75, 3.05) is 26.2 Å². The second-order valence-corrected chi connectivity index (χ2v) is 8.75. The lowest BCUT2D eigenvalue weighted by atomic mass is 9.72. The van der Waals surface area contributed by atoms with Gasteiger partial charge in [-0.15, -0.1) is 0 Å². The van der Waals surface area contributed by atoms with E-state index in [1.54, 1.807) is 0 Å². The van der Waals surface area contributed by atoms with Gasteiger partial charge in [-0.25, -0.2) is 0 Å². The Morgan fingerprint density at radius 1 is 0.938 bits per heavy atom. The molecule has 5 nitrogen and oxygen atoms in total. The molecule has 32 heavy (non-hydrogen) atoms. The quantitative estimate of drug-likeness (QED) is 0.436. The molecule has 164 valence electrons. The maximum atomic E-state index is 13.1. The van der Waals surface area contributed by atoms with Crippen molar-refractivity contribution in [3.05, 3.63) is 83.9 Å². The highest BCUT2D eigenvalue weighted by molar-refractivity contribution is 6.07. The number of piperidine rings is 1. The molecule has 1 aliphatic heterocycles. The molecule has 1 saturated heterocycles. The summed E-state index contributed by atoms with van der Waals surface area (Å²) in [5, 5.41) is 14.6. The Bertz CT molecular complexity index is 1220. The first kappa shape index (κ1) is 20.7. The van der Waals surface area contributed by atoms with Gasteiger partial charge in [-0.1, -0.05) is 60.7 Å². The lowest BCUT2D eigenvalue weighted by Gasteiger charge is -2.41. The minimum atomic E-state index is -0.534. The van der Waals surface area contributed by atoms with Crippen LogP contribution in [-0.4, -0.2) is 47.1 Å². The van der Waals surface area contributed by atoms with Gasteiger partial charge in [-0.05, 0) is 49.2 Å². The fourth-order valence-electron chi connectivity index (χ4n) is 5.09. The topological polar surface area (TPSA) is 68.4 Å². The van der Waals surface area contributed by atoms with E-state index in [9.17, 15) is 9.90 Å². The number of amides is 1. The molecule has 0 saturated carbocycles. The molecule has 0 bridgehead atoms. The molecule has 2 heterocycles. The zero-order valence-corrected chi connectivity index (χ0v) is 18.2. The highest BCUT2D eigenvalue weighted by Gasteiger charge is 2.42. The van der Waals surface area contributed by atoms with Gasteiger partial charge in [0.25, 0.3) is 0 Å². The number of hydrogen-bond acceptors (Lipinski definition) is 3. The smallest absolute Gasteiger partial charge is 0.230 e. The Morgan fingerprint density at radius 3 is 2.44 bits per heavy atom. The summed E-state index contributed by atoms with van der Waals surface area (Å²) >= 11 is 0. The SMILES string of the molecule is O=C(NCCO)C1(c2ccccc2)CCN(Cc2ccc3c(c2)[nH]c2ccccc23)CC1. The van der Waals surface area contributed by atoms with Crippen LogP contribution in [0.3, 0.4) is 0 Å². The molecule has 1 amide bonds. The predicted molar refractivity (Wildman–Crippen MR) is 129 cm³/mol. The summed E-state index contributed by atoms with van der Waals surface area (Å²) in [5.74, 6) is 0.0249. The van der Waals surface area contributed by atoms with E-state index < -0.39 is 5.41 Å². The second kappa shape index (κ2) is 8.77. The fourth-order valence-corrected chi connectivity index (χ4v) is 5.09. The molecule has 1 aromatic heterocycles. The standard InChI is InChI=1S/C27H29N3O2/c31-17-14-28-26(32)27(21-6-2-1-3-7-21)12-15-30(16-13-27)19-20-10-11-23-22-8-4-5-9-24(22)29-25(23)18-20/h1-11,18,29,31H,12-17,19H2,(H,28,32). The number of fused-ring (bicyclic) bond motifs is 3. The number of aliphatic hydroxyl groups excluding tert-OH is 1. The first-order valence-corrected chi connectivity index (χ1v) is 11.4. The number of para-hydroxylation sites is 1. The molecule has 0 radical (unpaired) electrons. The molecule has 1 fully saturated rings. The fraction of sp³-hybridized carbons (Fsp3) is 0.296. The number of hydrogen-bond donors (Lipinski definition) is 3. The molecule has 3 aromatic carbocycles. The number of carbonyl (C=O) groups is 1. The number of likely N-dealkylation sites (tertiary alicyclic amines) is 1. The Hall–Kier alpha value is -3.15. The van der Waals surface area contributed by atoms with Gasteiger partial charge in [0.15, 0.2) is 0 Å². The van der Waals surface area contributed by atoms with Crippen molar-refractivity contribution in [2.24, 2.45) is 0 Å². The normalized spacial score (nSPS) is 16.4. The summed E-state index contributed by atoms with van der Waals surface area (Å²) in [4.78, 5) is 19.1. The average Bonchev–Trinajstić information content (AvgIpc) is 3.21. The van der Waals surface area contributed by atoms with Crippen molar-refractivity contribution in [1.82, 2.24) is 15.2 Å². The van der Waals surface area contributed by atoms with Gasteiger partial charge in [0.05, 0.1) is 12.0 Å². The van der Waals surface area contributed by atoms with E-state index >= 15 is 0 Å². The van der Waals surface area contributed by atoms with Gasteiger partial charge < -0.3 is 15.4 Å². The van der Waals surface area contributed by atoms with E-state index in [1.807, 2.05) is 18.2 Å². The monoisotopic (exact) mass is 427 g/mol. The van der Waals surface area contributed by atoms with Gasteiger partial charge in [0, 0.05) is 34.9 Å². The number of aliphatic hydroxyl groups is 1. The Labute approximate surface area is 188 Å². The van der Waals surface area contributed by atoms with E-state index in [0.29, 0.717) is 6.54 Å². The zero-order valence-electron chi connectivity index (χ0n) is 18.2. The number of aromatic nitrogens is 1. The van der Waals surface area contributed by atoms with Crippen LogP contribution in [0.1, 0.15) is 24.0 Å². The van der Waals surface area contributed by atoms with Gasteiger partial charge in [-0.2, -0.15) is 0 Å². The second-order valence-electron chi connectivity index (χ2n) is 8.75. The number of nitrogens with zero attached hydrogens (tertiary/aromatic N) is 1. The lowest BCUT2D eigenvalue weighted by Crippen LogP contribution is -2.52. The average molecular weight is 428 g/mol. The van der Waals surface area contributed by atoms with E-state index in [2.05, 4.69) is 69.8 Å². The molecule has 5 heteroatoms. The van der Waals surface area contributed by atoms with Crippen molar-refractivity contribution in [3.63, 3.8) is 0 Å². The number of carbonyl (C=O) groups excluding carboxylic acids is 1. The third-order valence-electron chi connectivity index (χ3n) is 6.84. The molecule has 3 N–H and O–H groups in total. The van der Waals surface area contributed by atoms with Gasteiger partial charge in [-0.3, -0.25) is 9.69 Å². The molecular weight excluding hydrogens is 398 g/mol. The van der Waals surface area contributed by atoms with E-state index in [0.717, 1.165) is 38.0 Å². The molecule has 1 aliphatic rings. The van der Waals surface area contributed by atoms with Gasteiger partial charge in [0.2, 0.25) is 5.91 Å². The minimum absolute atomic E-state index is 0.0249. The molecule has 4 aromatic rings. The summed E-state index contributed by atoms with van der Waals surface area (Å²) < 4.78 is 0. The number of aromatic amines is 1. The predicted octanol–water partition coefficient (Wildman–Crippen LogP) is 3.96. The largest absolute Gasteiger partial charge is 0.395 e. The molecule has 0 spiro atoms. The van der Waals surface area contributed by atoms with Gasteiger partial charge in [0.1, 0.15) is 0 Å². The summed E-state index contributed by atoms with van der Waals surface area (Å²) in [7, 11) is 0. The van der Waals surface area contributed by atoms with Crippen LogP contribution < -0.4 is 5.32 Å². The molecule has 0 atom stereocenters. The number of benzene rings is 3. The van der Waals surface area contributed by atoms with Crippen LogP contribution in [0.5, 0.6) is 0 Å². The highest BCUT2D eigenvalue weighted by Crippen LogP contribution is 2.36. The van der Waals surface area contributed by atoms with Crippen LogP contribution in [0, 0.1) is 0 Å². The number of nitrogens with one attached hydrogen (secondary N) is 2. The molecule has 0 unspecified atom stereocenters. The first-order chi connectivity index (χ1) is 15.7. The van der Waals surface area contributed by atoms with Crippen LogP contribution in [0.25, 0.3) is 21.8 Å². The molecule has 5 rings (SSSR count). The molecular formula is C27H29N3O2. The summed E-state index contributed by atoms with van der Waals surface area (Å²) in [5.41, 5.74) is 4.14. The van der Waals surface area contributed by atoms with E-state index in [4.69, 9.17) is 0 Å². The zero-order chi connectivity index (χ0) is 22.0.